The van der Waals surface area contributed by atoms with Gasteiger partial charge in [0.2, 0.25) is 0 Å². The first-order chi connectivity index (χ1) is 9.44. The summed E-state index contributed by atoms with van der Waals surface area (Å²) in [7, 11) is 1.46. The molecule has 0 fully saturated rings. The zero-order valence-electron chi connectivity index (χ0n) is 12.1. The summed E-state index contributed by atoms with van der Waals surface area (Å²) in [5.41, 5.74) is 8.48. The number of nitrogens with two attached hydrogens (primary N) is 1. The molecule has 0 aromatic heterocycles. The quantitative estimate of drug-likeness (QED) is 0.924. The average molecular weight is 273 g/mol. The fourth-order valence-corrected chi connectivity index (χ4v) is 2.28. The van der Waals surface area contributed by atoms with Crippen molar-refractivity contribution in [1.82, 2.24) is 0 Å². The number of rotatable bonds is 4. The Kier molecular flexibility index (Phi) is 4.09. The van der Waals surface area contributed by atoms with Crippen molar-refractivity contribution in [1.29, 1.82) is 0 Å². The Bertz CT molecular complexity index is 590. The molecule has 20 heavy (non-hydrogen) atoms. The zero-order valence-corrected chi connectivity index (χ0v) is 12.1. The molecule has 1 atom stereocenters. The van der Waals surface area contributed by atoms with E-state index in [1.54, 1.807) is 18.2 Å². The van der Waals surface area contributed by atoms with E-state index in [-0.39, 0.29) is 11.6 Å². The normalized spacial score (nSPS) is 13.8. The minimum Gasteiger partial charge on any atom is -0.494 e. The molecule has 0 radical (unpaired) electrons. The van der Waals surface area contributed by atoms with Gasteiger partial charge in [0.25, 0.3) is 0 Å². The van der Waals surface area contributed by atoms with E-state index in [0.717, 1.165) is 5.56 Å². The molecule has 106 valence electrons. The highest BCUT2D eigenvalue weighted by atomic mass is 19.1. The summed E-state index contributed by atoms with van der Waals surface area (Å²) >= 11 is 0. The van der Waals surface area contributed by atoms with E-state index < -0.39 is 5.54 Å². The third kappa shape index (κ3) is 2.99. The lowest BCUT2D eigenvalue weighted by Crippen LogP contribution is -2.35. The van der Waals surface area contributed by atoms with Gasteiger partial charge in [-0.15, -0.1) is 0 Å². The molecule has 0 aliphatic carbocycles. The number of ether oxygens (including phenoxy) is 1. The minimum absolute atomic E-state index is 0.252. The molecule has 2 nitrogen and oxygen atoms in total. The third-order valence-electron chi connectivity index (χ3n) is 3.53. The van der Waals surface area contributed by atoms with E-state index in [0.29, 0.717) is 12.0 Å². The summed E-state index contributed by atoms with van der Waals surface area (Å²) in [4.78, 5) is 0. The fourth-order valence-electron chi connectivity index (χ4n) is 2.28. The van der Waals surface area contributed by atoms with Crippen LogP contribution in [0.1, 0.15) is 23.6 Å². The van der Waals surface area contributed by atoms with Crippen LogP contribution in [0.3, 0.4) is 0 Å². The average Bonchev–Trinajstić information content (AvgIpc) is 2.41. The first-order valence-electron chi connectivity index (χ1n) is 6.61. The highest BCUT2D eigenvalue weighted by Crippen LogP contribution is 2.27. The Morgan fingerprint density at radius 3 is 2.40 bits per heavy atom. The molecule has 2 N–H and O–H groups in total. The molecule has 0 saturated carbocycles. The van der Waals surface area contributed by atoms with Crippen molar-refractivity contribution < 1.29 is 9.13 Å². The molecule has 0 aliphatic heterocycles. The maximum Gasteiger partial charge on any atom is 0.168 e. The van der Waals surface area contributed by atoms with Crippen LogP contribution in [0.15, 0.2) is 42.5 Å². The molecular formula is C17H20FNO. The highest BCUT2D eigenvalue weighted by Gasteiger charge is 2.24. The van der Waals surface area contributed by atoms with Crippen molar-refractivity contribution in [2.45, 2.75) is 25.8 Å². The van der Waals surface area contributed by atoms with Crippen LogP contribution in [-0.2, 0) is 12.0 Å². The standard InChI is InChI=1S/C17H20FNO/c1-12-7-9-14(10-8-12)17(2,19)11-13-5-4-6-15(20-3)16(13)18/h4-10H,11,19H2,1-3H3. The molecule has 0 spiro atoms. The number of aryl methyl sites for hydroxylation is 1. The topological polar surface area (TPSA) is 35.2 Å². The van der Waals surface area contributed by atoms with E-state index in [4.69, 9.17) is 10.5 Å². The van der Waals surface area contributed by atoms with E-state index in [2.05, 4.69) is 0 Å². The van der Waals surface area contributed by atoms with Crippen molar-refractivity contribution in [3.8, 4) is 5.75 Å². The number of hydrogen-bond acceptors (Lipinski definition) is 2. The van der Waals surface area contributed by atoms with Crippen LogP contribution in [0.5, 0.6) is 5.75 Å². The van der Waals surface area contributed by atoms with E-state index in [1.807, 2.05) is 38.1 Å². The zero-order chi connectivity index (χ0) is 14.8. The lowest BCUT2D eigenvalue weighted by atomic mass is 9.86. The smallest absolute Gasteiger partial charge is 0.168 e. The van der Waals surface area contributed by atoms with Crippen molar-refractivity contribution in [3.63, 3.8) is 0 Å². The van der Waals surface area contributed by atoms with Crippen LogP contribution in [0.25, 0.3) is 0 Å². The Morgan fingerprint density at radius 1 is 1.15 bits per heavy atom. The molecular weight excluding hydrogens is 253 g/mol. The lowest BCUT2D eigenvalue weighted by Gasteiger charge is -2.26. The van der Waals surface area contributed by atoms with Crippen LogP contribution in [0.2, 0.25) is 0 Å². The summed E-state index contributed by atoms with van der Waals surface area (Å²) in [5.74, 6) is -0.0824. The molecule has 0 saturated heterocycles. The Morgan fingerprint density at radius 2 is 1.80 bits per heavy atom. The first-order valence-corrected chi connectivity index (χ1v) is 6.61. The summed E-state index contributed by atoms with van der Waals surface area (Å²) < 4.78 is 19.2. The predicted molar refractivity (Wildman–Crippen MR) is 79.4 cm³/mol. The summed E-state index contributed by atoms with van der Waals surface area (Å²) in [5, 5.41) is 0. The predicted octanol–water partition coefficient (Wildman–Crippen LogP) is 3.56. The van der Waals surface area contributed by atoms with E-state index >= 15 is 0 Å². The van der Waals surface area contributed by atoms with Crippen LogP contribution in [-0.4, -0.2) is 7.11 Å². The van der Waals surface area contributed by atoms with E-state index in [1.165, 1.54) is 12.7 Å². The van der Waals surface area contributed by atoms with Gasteiger partial charge in [-0.3, -0.25) is 0 Å². The molecule has 2 rings (SSSR count). The van der Waals surface area contributed by atoms with Gasteiger partial charge in [-0.05, 0) is 37.5 Å². The van der Waals surface area contributed by atoms with Crippen molar-refractivity contribution in [3.05, 3.63) is 65.0 Å². The largest absolute Gasteiger partial charge is 0.494 e. The second kappa shape index (κ2) is 5.63. The monoisotopic (exact) mass is 273 g/mol. The van der Waals surface area contributed by atoms with Gasteiger partial charge in [-0.25, -0.2) is 4.39 Å². The first kappa shape index (κ1) is 14.5. The van der Waals surface area contributed by atoms with Crippen LogP contribution >= 0.6 is 0 Å². The van der Waals surface area contributed by atoms with Crippen LogP contribution in [0.4, 0.5) is 4.39 Å². The van der Waals surface area contributed by atoms with Gasteiger partial charge in [-0.2, -0.15) is 0 Å². The summed E-state index contributed by atoms with van der Waals surface area (Å²) in [6.45, 7) is 3.94. The van der Waals surface area contributed by atoms with Crippen LogP contribution in [0, 0.1) is 12.7 Å². The molecule has 0 heterocycles. The maximum absolute atomic E-state index is 14.2. The number of halogens is 1. The molecule has 2 aromatic carbocycles. The van der Waals surface area contributed by atoms with Gasteiger partial charge >= 0.3 is 0 Å². The maximum atomic E-state index is 14.2. The van der Waals surface area contributed by atoms with Gasteiger partial charge in [0.1, 0.15) is 0 Å². The number of benzene rings is 2. The van der Waals surface area contributed by atoms with Crippen molar-refractivity contribution in [2.24, 2.45) is 5.73 Å². The second-order valence-corrected chi connectivity index (χ2v) is 5.39. The summed E-state index contributed by atoms with van der Waals surface area (Å²) in [6, 6.07) is 13.2. The Balaban J connectivity index is 2.30. The lowest BCUT2D eigenvalue weighted by molar-refractivity contribution is 0.380. The van der Waals surface area contributed by atoms with Gasteiger partial charge in [0, 0.05) is 5.54 Å². The Labute approximate surface area is 119 Å². The fraction of sp³-hybridized carbons (Fsp3) is 0.294. The molecule has 0 bridgehead atoms. The van der Waals surface area contributed by atoms with Crippen molar-refractivity contribution >= 4 is 0 Å². The van der Waals surface area contributed by atoms with Gasteiger partial charge in [0.05, 0.1) is 7.11 Å². The molecule has 3 heteroatoms. The highest BCUT2D eigenvalue weighted by molar-refractivity contribution is 5.35. The minimum atomic E-state index is -0.624. The van der Waals surface area contributed by atoms with E-state index in [9.17, 15) is 4.39 Å². The molecule has 1 unspecified atom stereocenters. The van der Waals surface area contributed by atoms with Gasteiger partial charge in [-0.1, -0.05) is 42.0 Å². The van der Waals surface area contributed by atoms with Crippen molar-refractivity contribution in [2.75, 3.05) is 7.11 Å². The molecule has 2 aromatic rings. The third-order valence-corrected chi connectivity index (χ3v) is 3.53. The number of methoxy groups -OCH3 is 1. The van der Waals surface area contributed by atoms with Crippen LogP contribution < -0.4 is 10.5 Å². The SMILES string of the molecule is COc1cccc(CC(C)(N)c2ccc(C)cc2)c1F. The molecule has 0 amide bonds. The van der Waals surface area contributed by atoms with Gasteiger partial charge in [0.15, 0.2) is 11.6 Å². The second-order valence-electron chi connectivity index (χ2n) is 5.39. The molecule has 0 aliphatic rings. The Hall–Kier alpha value is -1.87. The summed E-state index contributed by atoms with van der Waals surface area (Å²) in [6.07, 6.45) is 0.416. The number of hydrogen-bond donors (Lipinski definition) is 1. The van der Waals surface area contributed by atoms with Gasteiger partial charge < -0.3 is 10.5 Å².